The molecule has 0 radical (unpaired) electrons. The summed E-state index contributed by atoms with van der Waals surface area (Å²) in [5.41, 5.74) is 7.41. The molecule has 0 bridgehead atoms. The number of benzene rings is 1. The molecular weight excluding hydrogens is 253 g/mol. The molecule has 1 aromatic carbocycles. The van der Waals surface area contributed by atoms with E-state index in [1.165, 1.54) is 6.07 Å². The zero-order chi connectivity index (χ0) is 14.9. The molecule has 1 saturated carbocycles. The third-order valence-electron chi connectivity index (χ3n) is 4.43. The van der Waals surface area contributed by atoms with E-state index in [9.17, 15) is 4.39 Å². The van der Waals surface area contributed by atoms with Crippen LogP contribution < -0.4 is 10.5 Å². The van der Waals surface area contributed by atoms with Gasteiger partial charge in [-0.3, -0.25) is 0 Å². The number of aryl methyl sites for hydroxylation is 1. The second kappa shape index (κ2) is 5.72. The fourth-order valence-corrected chi connectivity index (χ4v) is 2.94. The topological polar surface area (TPSA) is 35.2 Å². The van der Waals surface area contributed by atoms with Crippen LogP contribution in [0.5, 0.6) is 5.75 Å². The third kappa shape index (κ3) is 3.51. The Morgan fingerprint density at radius 1 is 1.25 bits per heavy atom. The molecule has 0 aliphatic heterocycles. The van der Waals surface area contributed by atoms with Gasteiger partial charge in [0.2, 0.25) is 0 Å². The molecule has 0 aromatic heterocycles. The molecule has 112 valence electrons. The monoisotopic (exact) mass is 279 g/mol. The molecular formula is C17H26FNO. The molecule has 3 atom stereocenters. The van der Waals surface area contributed by atoms with Crippen LogP contribution in [0.4, 0.5) is 4.39 Å². The minimum Gasteiger partial charge on any atom is -0.486 e. The molecule has 0 spiro atoms. The van der Waals surface area contributed by atoms with E-state index in [4.69, 9.17) is 10.5 Å². The standard InChI is InChI=1S/C17H26FNO/c1-11-5-7-13(18)15(9-11)20-16-10-12(17(2,3)4)6-8-14(16)19/h5,7,9,12,14,16H,6,8,10,19H2,1-4H3. The highest BCUT2D eigenvalue weighted by molar-refractivity contribution is 5.29. The van der Waals surface area contributed by atoms with E-state index in [1.807, 2.05) is 6.92 Å². The van der Waals surface area contributed by atoms with Crippen molar-refractivity contribution in [3.63, 3.8) is 0 Å². The molecule has 1 aliphatic rings. The molecule has 2 rings (SSSR count). The average Bonchev–Trinajstić information content (AvgIpc) is 2.35. The van der Waals surface area contributed by atoms with Gasteiger partial charge in [0.15, 0.2) is 11.6 Å². The van der Waals surface area contributed by atoms with Gasteiger partial charge >= 0.3 is 0 Å². The Morgan fingerprint density at radius 2 is 1.95 bits per heavy atom. The molecule has 3 heteroatoms. The van der Waals surface area contributed by atoms with Crippen molar-refractivity contribution in [2.24, 2.45) is 17.1 Å². The van der Waals surface area contributed by atoms with E-state index in [2.05, 4.69) is 20.8 Å². The van der Waals surface area contributed by atoms with Crippen LogP contribution in [0.2, 0.25) is 0 Å². The number of hydrogen-bond donors (Lipinski definition) is 1. The first-order valence-electron chi connectivity index (χ1n) is 7.46. The minimum atomic E-state index is -0.305. The number of halogens is 1. The smallest absolute Gasteiger partial charge is 0.165 e. The van der Waals surface area contributed by atoms with Gasteiger partial charge in [0.1, 0.15) is 6.10 Å². The maximum atomic E-state index is 13.8. The normalized spacial score (nSPS) is 27.4. The van der Waals surface area contributed by atoms with Gasteiger partial charge in [0.05, 0.1) is 0 Å². The van der Waals surface area contributed by atoms with Crippen LogP contribution in [0.15, 0.2) is 18.2 Å². The molecule has 3 unspecified atom stereocenters. The van der Waals surface area contributed by atoms with Crippen molar-refractivity contribution in [3.05, 3.63) is 29.6 Å². The molecule has 1 aromatic rings. The summed E-state index contributed by atoms with van der Waals surface area (Å²) in [5.74, 6) is 0.598. The van der Waals surface area contributed by atoms with E-state index in [-0.39, 0.29) is 23.4 Å². The fraction of sp³-hybridized carbons (Fsp3) is 0.647. The summed E-state index contributed by atoms with van der Waals surface area (Å²) in [6.07, 6.45) is 2.88. The maximum absolute atomic E-state index is 13.8. The Bertz CT molecular complexity index is 467. The predicted molar refractivity (Wildman–Crippen MR) is 80.3 cm³/mol. The van der Waals surface area contributed by atoms with Crippen LogP contribution in [0.1, 0.15) is 45.6 Å². The van der Waals surface area contributed by atoms with E-state index in [1.54, 1.807) is 12.1 Å². The lowest BCUT2D eigenvalue weighted by atomic mass is 9.70. The molecule has 2 N–H and O–H groups in total. The Labute approximate surface area is 121 Å². The molecule has 0 saturated heterocycles. The lowest BCUT2D eigenvalue weighted by Crippen LogP contribution is -2.46. The van der Waals surface area contributed by atoms with Gasteiger partial charge < -0.3 is 10.5 Å². The van der Waals surface area contributed by atoms with E-state index < -0.39 is 0 Å². The number of rotatable bonds is 2. The highest BCUT2D eigenvalue weighted by Crippen LogP contribution is 2.39. The highest BCUT2D eigenvalue weighted by atomic mass is 19.1. The first kappa shape index (κ1) is 15.3. The summed E-state index contributed by atoms with van der Waals surface area (Å²) in [7, 11) is 0. The Kier molecular flexibility index (Phi) is 4.38. The van der Waals surface area contributed by atoms with Crippen LogP contribution in [-0.2, 0) is 0 Å². The number of nitrogens with two attached hydrogens (primary N) is 1. The quantitative estimate of drug-likeness (QED) is 0.886. The lowest BCUT2D eigenvalue weighted by molar-refractivity contribution is 0.0567. The van der Waals surface area contributed by atoms with Crippen molar-refractivity contribution < 1.29 is 9.13 Å². The van der Waals surface area contributed by atoms with Crippen LogP contribution in [0.3, 0.4) is 0 Å². The Morgan fingerprint density at radius 3 is 2.60 bits per heavy atom. The van der Waals surface area contributed by atoms with Gasteiger partial charge in [0, 0.05) is 6.04 Å². The zero-order valence-corrected chi connectivity index (χ0v) is 12.9. The summed E-state index contributed by atoms with van der Waals surface area (Å²) in [6.45, 7) is 8.68. The molecule has 0 amide bonds. The predicted octanol–water partition coefficient (Wildman–Crippen LogP) is 4.06. The summed E-state index contributed by atoms with van der Waals surface area (Å²) in [5, 5.41) is 0. The van der Waals surface area contributed by atoms with Crippen LogP contribution in [0, 0.1) is 24.1 Å². The number of ether oxygens (including phenoxy) is 1. The van der Waals surface area contributed by atoms with E-state index in [0.717, 1.165) is 24.8 Å². The van der Waals surface area contributed by atoms with Crippen LogP contribution in [0.25, 0.3) is 0 Å². The summed E-state index contributed by atoms with van der Waals surface area (Å²) in [6, 6.07) is 4.96. The molecule has 2 nitrogen and oxygen atoms in total. The fourth-order valence-electron chi connectivity index (χ4n) is 2.94. The number of hydrogen-bond acceptors (Lipinski definition) is 2. The van der Waals surface area contributed by atoms with Gasteiger partial charge in [-0.25, -0.2) is 4.39 Å². The van der Waals surface area contributed by atoms with Crippen LogP contribution >= 0.6 is 0 Å². The molecule has 1 aliphatic carbocycles. The van der Waals surface area contributed by atoms with Gasteiger partial charge in [-0.05, 0) is 55.2 Å². The summed E-state index contributed by atoms with van der Waals surface area (Å²) >= 11 is 0. The second-order valence-electron chi connectivity index (χ2n) is 7.13. The van der Waals surface area contributed by atoms with Gasteiger partial charge in [-0.15, -0.1) is 0 Å². The Balaban J connectivity index is 2.12. The molecule has 0 heterocycles. The zero-order valence-electron chi connectivity index (χ0n) is 12.9. The summed E-state index contributed by atoms with van der Waals surface area (Å²) < 4.78 is 19.7. The van der Waals surface area contributed by atoms with Gasteiger partial charge in [-0.1, -0.05) is 26.8 Å². The summed E-state index contributed by atoms with van der Waals surface area (Å²) in [4.78, 5) is 0. The van der Waals surface area contributed by atoms with E-state index >= 15 is 0 Å². The Hall–Kier alpha value is -1.09. The highest BCUT2D eigenvalue weighted by Gasteiger charge is 2.35. The third-order valence-corrected chi connectivity index (χ3v) is 4.43. The minimum absolute atomic E-state index is 0.00601. The second-order valence-corrected chi connectivity index (χ2v) is 7.13. The van der Waals surface area contributed by atoms with Crippen molar-refractivity contribution in [1.82, 2.24) is 0 Å². The first-order chi connectivity index (χ1) is 9.27. The van der Waals surface area contributed by atoms with Crippen molar-refractivity contribution in [2.75, 3.05) is 0 Å². The maximum Gasteiger partial charge on any atom is 0.165 e. The van der Waals surface area contributed by atoms with Crippen molar-refractivity contribution >= 4 is 0 Å². The van der Waals surface area contributed by atoms with E-state index in [0.29, 0.717) is 11.7 Å². The largest absolute Gasteiger partial charge is 0.486 e. The average molecular weight is 279 g/mol. The van der Waals surface area contributed by atoms with Gasteiger partial charge in [-0.2, -0.15) is 0 Å². The van der Waals surface area contributed by atoms with Crippen molar-refractivity contribution in [2.45, 2.75) is 59.1 Å². The van der Waals surface area contributed by atoms with Crippen molar-refractivity contribution in [3.8, 4) is 5.75 Å². The van der Waals surface area contributed by atoms with Gasteiger partial charge in [0.25, 0.3) is 0 Å². The van der Waals surface area contributed by atoms with Crippen LogP contribution in [-0.4, -0.2) is 12.1 Å². The molecule has 1 fully saturated rings. The SMILES string of the molecule is Cc1ccc(F)c(OC2CC(C(C)(C)C)CCC2N)c1. The molecule has 20 heavy (non-hydrogen) atoms. The lowest BCUT2D eigenvalue weighted by Gasteiger charge is -2.40. The first-order valence-corrected chi connectivity index (χ1v) is 7.46. The van der Waals surface area contributed by atoms with Crippen molar-refractivity contribution in [1.29, 1.82) is 0 Å².